The van der Waals surface area contributed by atoms with Gasteiger partial charge in [0.25, 0.3) is 5.69 Å². The van der Waals surface area contributed by atoms with E-state index in [0.717, 1.165) is 5.56 Å². The number of carbonyl (C=O) groups is 1. The maximum Gasteiger partial charge on any atom is 0.293 e. The third-order valence-electron chi connectivity index (χ3n) is 3.10. The summed E-state index contributed by atoms with van der Waals surface area (Å²) < 4.78 is 12.9. The zero-order valence-corrected chi connectivity index (χ0v) is 11.2. The van der Waals surface area contributed by atoms with Crippen LogP contribution in [0.4, 0.5) is 15.8 Å². The molecule has 6 heteroatoms. The summed E-state index contributed by atoms with van der Waals surface area (Å²) in [5, 5.41) is 14.1. The summed E-state index contributed by atoms with van der Waals surface area (Å²) in [5.41, 5.74) is 1.17. The van der Waals surface area contributed by atoms with Crippen molar-refractivity contribution in [2.45, 2.75) is 13.0 Å². The van der Waals surface area contributed by atoms with E-state index in [4.69, 9.17) is 0 Å². The number of nitro groups is 1. The molecule has 0 aliphatic heterocycles. The molecule has 0 aromatic heterocycles. The molecule has 0 saturated carbocycles. The van der Waals surface area contributed by atoms with Crippen molar-refractivity contribution in [1.29, 1.82) is 0 Å². The summed E-state index contributed by atoms with van der Waals surface area (Å²) in [6.45, 7) is 1.81. The number of carbonyl (C=O) groups excluding carboxylic acids is 1. The molecule has 0 aliphatic rings. The number of benzene rings is 2. The first-order valence-corrected chi connectivity index (χ1v) is 6.27. The van der Waals surface area contributed by atoms with Crippen molar-refractivity contribution in [2.75, 3.05) is 5.32 Å². The van der Waals surface area contributed by atoms with Gasteiger partial charge in [0.2, 0.25) is 0 Å². The van der Waals surface area contributed by atoms with E-state index in [1.54, 1.807) is 12.1 Å². The molecular weight excluding hydrogens is 275 g/mol. The van der Waals surface area contributed by atoms with Crippen LogP contribution in [-0.2, 0) is 0 Å². The fraction of sp³-hybridized carbons (Fsp3) is 0.133. The Hall–Kier alpha value is -2.76. The van der Waals surface area contributed by atoms with Crippen molar-refractivity contribution in [1.82, 2.24) is 0 Å². The highest BCUT2D eigenvalue weighted by Crippen LogP contribution is 2.28. The minimum absolute atomic E-state index is 0.173. The van der Waals surface area contributed by atoms with Crippen molar-refractivity contribution < 1.29 is 14.1 Å². The molecule has 1 unspecified atom stereocenters. The number of nitrogens with one attached hydrogen (secondary N) is 1. The summed E-state index contributed by atoms with van der Waals surface area (Å²) >= 11 is 0. The zero-order chi connectivity index (χ0) is 15.4. The maximum absolute atomic E-state index is 12.9. The number of nitrogens with zero attached hydrogens (tertiary/aromatic N) is 1. The Balaban J connectivity index is 2.28. The largest absolute Gasteiger partial charge is 0.373 e. The highest BCUT2D eigenvalue weighted by Gasteiger charge is 2.16. The number of halogens is 1. The number of rotatable bonds is 5. The van der Waals surface area contributed by atoms with Crippen LogP contribution >= 0.6 is 0 Å². The van der Waals surface area contributed by atoms with Crippen LogP contribution in [0.5, 0.6) is 0 Å². The number of nitro benzene ring substituents is 1. The molecule has 1 atom stereocenters. The molecular formula is C15H13FN2O3. The predicted octanol–water partition coefficient (Wildman–Crippen LogP) is 3.72. The fourth-order valence-corrected chi connectivity index (χ4v) is 1.96. The van der Waals surface area contributed by atoms with E-state index in [0.29, 0.717) is 12.0 Å². The van der Waals surface area contributed by atoms with Gasteiger partial charge in [0.15, 0.2) is 0 Å². The van der Waals surface area contributed by atoms with Crippen LogP contribution < -0.4 is 5.32 Å². The van der Waals surface area contributed by atoms with Crippen LogP contribution in [0.2, 0.25) is 0 Å². The molecule has 1 N–H and O–H groups in total. The van der Waals surface area contributed by atoms with Gasteiger partial charge in [0.1, 0.15) is 17.8 Å². The summed E-state index contributed by atoms with van der Waals surface area (Å²) in [6, 6.07) is 9.84. The second-order valence-electron chi connectivity index (χ2n) is 4.57. The van der Waals surface area contributed by atoms with Gasteiger partial charge in [-0.3, -0.25) is 14.9 Å². The number of hydrogen-bond donors (Lipinski definition) is 1. The van der Waals surface area contributed by atoms with Gasteiger partial charge >= 0.3 is 0 Å². The molecule has 0 heterocycles. The summed E-state index contributed by atoms with van der Waals surface area (Å²) in [7, 11) is 0. The topological polar surface area (TPSA) is 72.2 Å². The van der Waals surface area contributed by atoms with Crippen molar-refractivity contribution in [3.05, 3.63) is 69.5 Å². The van der Waals surface area contributed by atoms with E-state index in [-0.39, 0.29) is 23.1 Å². The van der Waals surface area contributed by atoms with E-state index in [2.05, 4.69) is 5.32 Å². The Morgan fingerprint density at radius 2 is 1.90 bits per heavy atom. The van der Waals surface area contributed by atoms with Gasteiger partial charge in [-0.15, -0.1) is 0 Å². The Kier molecular flexibility index (Phi) is 4.27. The maximum atomic E-state index is 12.9. The zero-order valence-electron chi connectivity index (χ0n) is 11.2. The van der Waals surface area contributed by atoms with Crippen LogP contribution in [0.25, 0.3) is 0 Å². The number of hydrogen-bond acceptors (Lipinski definition) is 4. The standard InChI is InChI=1S/C15H13FN2O3/c1-10(12-3-5-13(16)6-4-12)17-14-7-2-11(9-19)8-15(14)18(20)21/h2-10,17H,1H3. The van der Waals surface area contributed by atoms with Crippen LogP contribution in [0.1, 0.15) is 28.9 Å². The van der Waals surface area contributed by atoms with Gasteiger partial charge in [-0.1, -0.05) is 12.1 Å². The first kappa shape index (κ1) is 14.6. The second-order valence-corrected chi connectivity index (χ2v) is 4.57. The first-order chi connectivity index (χ1) is 10.0. The molecule has 0 spiro atoms. The van der Waals surface area contributed by atoms with Gasteiger partial charge in [-0.25, -0.2) is 4.39 Å². The lowest BCUT2D eigenvalue weighted by Gasteiger charge is -2.16. The molecule has 108 valence electrons. The van der Waals surface area contributed by atoms with Crippen molar-refractivity contribution >= 4 is 17.7 Å². The van der Waals surface area contributed by atoms with E-state index < -0.39 is 4.92 Å². The smallest absolute Gasteiger partial charge is 0.293 e. The Morgan fingerprint density at radius 3 is 2.48 bits per heavy atom. The van der Waals surface area contributed by atoms with Crippen LogP contribution in [-0.4, -0.2) is 11.2 Å². The first-order valence-electron chi connectivity index (χ1n) is 6.27. The molecule has 0 saturated heterocycles. The molecule has 0 aliphatic carbocycles. The third kappa shape index (κ3) is 3.42. The lowest BCUT2D eigenvalue weighted by atomic mass is 10.1. The van der Waals surface area contributed by atoms with Crippen LogP contribution in [0.15, 0.2) is 42.5 Å². The molecule has 0 amide bonds. The molecule has 2 aromatic rings. The second kappa shape index (κ2) is 6.13. The van der Waals surface area contributed by atoms with Crippen LogP contribution in [0.3, 0.4) is 0 Å². The molecule has 0 bridgehead atoms. The number of aldehydes is 1. The SMILES string of the molecule is CC(Nc1ccc(C=O)cc1[N+](=O)[O-])c1ccc(F)cc1. The van der Waals surface area contributed by atoms with Gasteiger partial charge in [0, 0.05) is 17.7 Å². The van der Waals surface area contributed by atoms with Gasteiger partial charge in [-0.2, -0.15) is 0 Å². The Morgan fingerprint density at radius 1 is 1.24 bits per heavy atom. The lowest BCUT2D eigenvalue weighted by Crippen LogP contribution is -2.08. The van der Waals surface area contributed by atoms with Gasteiger partial charge < -0.3 is 5.32 Å². The van der Waals surface area contributed by atoms with E-state index in [1.807, 2.05) is 6.92 Å². The average molecular weight is 288 g/mol. The van der Waals surface area contributed by atoms with E-state index >= 15 is 0 Å². The fourth-order valence-electron chi connectivity index (χ4n) is 1.96. The summed E-state index contributed by atoms with van der Waals surface area (Å²) in [5.74, 6) is -0.340. The molecule has 2 aromatic carbocycles. The van der Waals surface area contributed by atoms with Gasteiger partial charge in [0.05, 0.1) is 4.92 Å². The average Bonchev–Trinajstić information content (AvgIpc) is 2.48. The molecule has 5 nitrogen and oxygen atoms in total. The van der Waals surface area contributed by atoms with Gasteiger partial charge in [-0.05, 0) is 36.8 Å². The third-order valence-corrected chi connectivity index (χ3v) is 3.10. The summed E-state index contributed by atoms with van der Waals surface area (Å²) in [4.78, 5) is 21.2. The number of anilines is 1. The van der Waals surface area contributed by atoms with Crippen molar-refractivity contribution in [3.8, 4) is 0 Å². The van der Waals surface area contributed by atoms with Crippen molar-refractivity contribution in [2.24, 2.45) is 0 Å². The van der Waals surface area contributed by atoms with E-state index in [1.165, 1.54) is 30.3 Å². The van der Waals surface area contributed by atoms with E-state index in [9.17, 15) is 19.3 Å². The minimum atomic E-state index is -0.549. The minimum Gasteiger partial charge on any atom is -0.373 e. The summed E-state index contributed by atoms with van der Waals surface area (Å²) in [6.07, 6.45) is 0.556. The predicted molar refractivity (Wildman–Crippen MR) is 76.9 cm³/mol. The monoisotopic (exact) mass is 288 g/mol. The van der Waals surface area contributed by atoms with Crippen molar-refractivity contribution in [3.63, 3.8) is 0 Å². The Labute approximate surface area is 120 Å². The Bertz CT molecular complexity index is 671. The quantitative estimate of drug-likeness (QED) is 0.517. The highest BCUT2D eigenvalue weighted by molar-refractivity contribution is 5.79. The highest BCUT2D eigenvalue weighted by atomic mass is 19.1. The molecule has 0 radical (unpaired) electrons. The molecule has 21 heavy (non-hydrogen) atoms. The molecule has 2 rings (SSSR count). The normalized spacial score (nSPS) is 11.7. The molecule has 0 fully saturated rings. The van der Waals surface area contributed by atoms with Crippen LogP contribution in [0, 0.1) is 15.9 Å². The lowest BCUT2D eigenvalue weighted by molar-refractivity contribution is -0.384.